The van der Waals surface area contributed by atoms with Crippen LogP contribution in [0.1, 0.15) is 47.0 Å². The summed E-state index contributed by atoms with van der Waals surface area (Å²) < 4.78 is 0. The molecule has 0 aromatic rings. The third kappa shape index (κ3) is 8.26. The molecule has 2 nitrogen and oxygen atoms in total. The normalized spacial score (nSPS) is 15.9. The average molecular weight is 251 g/mol. The maximum absolute atomic E-state index is 10.1. The molecule has 0 aromatic carbocycles. The first-order valence-corrected chi connectivity index (χ1v) is 6.92. The van der Waals surface area contributed by atoms with E-state index in [1.165, 1.54) is 0 Å². The van der Waals surface area contributed by atoms with E-state index in [0.29, 0.717) is 6.04 Å². The van der Waals surface area contributed by atoms with E-state index in [0.717, 1.165) is 37.0 Å². The second kappa shape index (κ2) is 10.1. The minimum atomic E-state index is -0.378. The van der Waals surface area contributed by atoms with E-state index in [-0.39, 0.29) is 6.10 Å². The Morgan fingerprint density at radius 3 is 2.50 bits per heavy atom. The monoisotopic (exact) mass is 251 g/mol. The summed E-state index contributed by atoms with van der Waals surface area (Å²) in [5, 5.41) is 13.6. The molecule has 2 heteroatoms. The molecule has 0 radical (unpaired) electrons. The Bertz CT molecular complexity index is 291. The summed E-state index contributed by atoms with van der Waals surface area (Å²) in [6, 6.07) is 0.461. The molecule has 2 N–H and O–H groups in total. The molecule has 0 saturated heterocycles. The van der Waals surface area contributed by atoms with Crippen LogP contribution in [-0.2, 0) is 0 Å². The van der Waals surface area contributed by atoms with Gasteiger partial charge in [0.15, 0.2) is 0 Å². The van der Waals surface area contributed by atoms with Crippen LogP contribution in [0.15, 0.2) is 36.0 Å². The van der Waals surface area contributed by atoms with E-state index < -0.39 is 0 Å². The number of aliphatic hydroxyl groups excluding tert-OH is 1. The standard InChI is InChI=1S/C16H29NO/c1-6-12-17-14(5)9-11-16(18)15(7-2)10-8-13(3)4/h7-8,10,14,16-18H,3,6,9,11-12H2,1-2,4-5H3/b10-8-,15-7+. The summed E-state index contributed by atoms with van der Waals surface area (Å²) in [6.07, 6.45) is 8.41. The third-order valence-corrected chi connectivity index (χ3v) is 2.89. The maximum Gasteiger partial charge on any atom is 0.0787 e. The summed E-state index contributed by atoms with van der Waals surface area (Å²) in [5.41, 5.74) is 1.97. The fourth-order valence-corrected chi connectivity index (χ4v) is 1.71. The summed E-state index contributed by atoms with van der Waals surface area (Å²) >= 11 is 0. The van der Waals surface area contributed by atoms with Gasteiger partial charge in [-0.3, -0.25) is 0 Å². The molecule has 0 bridgehead atoms. The van der Waals surface area contributed by atoms with Gasteiger partial charge in [-0.15, -0.1) is 0 Å². The second-order valence-electron chi connectivity index (χ2n) is 4.92. The lowest BCUT2D eigenvalue weighted by molar-refractivity contribution is 0.195. The lowest BCUT2D eigenvalue weighted by Crippen LogP contribution is -2.28. The highest BCUT2D eigenvalue weighted by atomic mass is 16.3. The smallest absolute Gasteiger partial charge is 0.0787 e. The minimum absolute atomic E-state index is 0.378. The van der Waals surface area contributed by atoms with Gasteiger partial charge in [0.05, 0.1) is 6.10 Å². The highest BCUT2D eigenvalue weighted by Crippen LogP contribution is 2.12. The van der Waals surface area contributed by atoms with E-state index in [9.17, 15) is 5.11 Å². The Balaban J connectivity index is 4.13. The quantitative estimate of drug-likeness (QED) is 0.614. The van der Waals surface area contributed by atoms with Gasteiger partial charge in [0.25, 0.3) is 0 Å². The summed E-state index contributed by atoms with van der Waals surface area (Å²) in [5.74, 6) is 0. The first-order chi connectivity index (χ1) is 8.51. The molecule has 2 unspecified atom stereocenters. The predicted octanol–water partition coefficient (Wildman–Crippen LogP) is 3.59. The molecule has 104 valence electrons. The van der Waals surface area contributed by atoms with Crippen LogP contribution in [-0.4, -0.2) is 23.8 Å². The Kier molecular flexibility index (Phi) is 9.62. The van der Waals surface area contributed by atoms with Crippen molar-refractivity contribution >= 4 is 0 Å². The van der Waals surface area contributed by atoms with Crippen molar-refractivity contribution < 1.29 is 5.11 Å². The SMILES string of the molecule is C=C(C)/C=C\C(=C/C)C(O)CCC(C)NCCC. The summed E-state index contributed by atoms with van der Waals surface area (Å²) in [4.78, 5) is 0. The Morgan fingerprint density at radius 2 is 2.00 bits per heavy atom. The zero-order valence-electron chi connectivity index (χ0n) is 12.4. The number of nitrogens with one attached hydrogen (secondary N) is 1. The maximum atomic E-state index is 10.1. The fraction of sp³-hybridized carbons (Fsp3) is 0.625. The van der Waals surface area contributed by atoms with Crippen molar-refractivity contribution in [1.82, 2.24) is 5.32 Å². The number of hydrogen-bond donors (Lipinski definition) is 2. The Labute approximate surface area is 112 Å². The van der Waals surface area contributed by atoms with E-state index in [4.69, 9.17) is 0 Å². The van der Waals surface area contributed by atoms with E-state index in [1.54, 1.807) is 0 Å². The molecule has 0 aromatic heterocycles. The van der Waals surface area contributed by atoms with Crippen LogP contribution in [0.4, 0.5) is 0 Å². The molecule has 0 spiro atoms. The van der Waals surface area contributed by atoms with Crippen molar-refractivity contribution in [2.45, 2.75) is 59.1 Å². The lowest BCUT2D eigenvalue weighted by Gasteiger charge is -2.16. The molecule has 0 aliphatic heterocycles. The highest BCUT2D eigenvalue weighted by molar-refractivity contribution is 5.27. The molecule has 0 rings (SSSR count). The Hall–Kier alpha value is -0.860. The minimum Gasteiger partial charge on any atom is -0.388 e. The van der Waals surface area contributed by atoms with Gasteiger partial charge >= 0.3 is 0 Å². The van der Waals surface area contributed by atoms with Crippen LogP contribution in [0.5, 0.6) is 0 Å². The fourth-order valence-electron chi connectivity index (χ4n) is 1.71. The second-order valence-corrected chi connectivity index (χ2v) is 4.92. The number of hydrogen-bond acceptors (Lipinski definition) is 2. The first kappa shape index (κ1) is 17.1. The molecule has 2 atom stereocenters. The molecular weight excluding hydrogens is 222 g/mol. The molecule has 0 aliphatic carbocycles. The van der Waals surface area contributed by atoms with Crippen LogP contribution < -0.4 is 5.32 Å². The predicted molar refractivity (Wildman–Crippen MR) is 80.7 cm³/mol. The van der Waals surface area contributed by atoms with Crippen molar-refractivity contribution in [3.8, 4) is 0 Å². The zero-order chi connectivity index (χ0) is 14.0. The van der Waals surface area contributed by atoms with Crippen molar-refractivity contribution in [2.24, 2.45) is 0 Å². The van der Waals surface area contributed by atoms with E-state index in [2.05, 4.69) is 25.7 Å². The van der Waals surface area contributed by atoms with Crippen molar-refractivity contribution in [1.29, 1.82) is 0 Å². The van der Waals surface area contributed by atoms with Gasteiger partial charge in [0, 0.05) is 6.04 Å². The number of rotatable bonds is 9. The van der Waals surface area contributed by atoms with Gasteiger partial charge in [-0.1, -0.05) is 37.3 Å². The molecule has 0 saturated carbocycles. The van der Waals surface area contributed by atoms with Crippen LogP contribution in [0.25, 0.3) is 0 Å². The molecular formula is C16H29NO. The van der Waals surface area contributed by atoms with Gasteiger partial charge in [-0.05, 0) is 52.2 Å². The number of allylic oxidation sites excluding steroid dienone is 3. The van der Waals surface area contributed by atoms with E-state index in [1.807, 2.05) is 32.1 Å². The first-order valence-electron chi connectivity index (χ1n) is 6.92. The van der Waals surface area contributed by atoms with Crippen LogP contribution in [0.3, 0.4) is 0 Å². The molecule has 0 aliphatic rings. The van der Waals surface area contributed by atoms with Crippen molar-refractivity contribution in [3.63, 3.8) is 0 Å². The Morgan fingerprint density at radius 1 is 1.33 bits per heavy atom. The van der Waals surface area contributed by atoms with Gasteiger partial charge in [-0.25, -0.2) is 0 Å². The van der Waals surface area contributed by atoms with Crippen LogP contribution in [0.2, 0.25) is 0 Å². The summed E-state index contributed by atoms with van der Waals surface area (Å²) in [6.45, 7) is 13.1. The van der Waals surface area contributed by atoms with E-state index >= 15 is 0 Å². The molecule has 18 heavy (non-hydrogen) atoms. The van der Waals surface area contributed by atoms with Gasteiger partial charge in [-0.2, -0.15) is 0 Å². The topological polar surface area (TPSA) is 32.3 Å². The van der Waals surface area contributed by atoms with Crippen molar-refractivity contribution in [2.75, 3.05) is 6.54 Å². The molecule has 0 amide bonds. The average Bonchev–Trinajstić information content (AvgIpc) is 2.34. The largest absolute Gasteiger partial charge is 0.388 e. The number of aliphatic hydroxyl groups is 1. The van der Waals surface area contributed by atoms with Crippen molar-refractivity contribution in [3.05, 3.63) is 36.0 Å². The molecule has 0 fully saturated rings. The zero-order valence-corrected chi connectivity index (χ0v) is 12.4. The van der Waals surface area contributed by atoms with Gasteiger partial charge in [0.2, 0.25) is 0 Å². The van der Waals surface area contributed by atoms with Crippen LogP contribution in [0, 0.1) is 0 Å². The lowest BCUT2D eigenvalue weighted by atomic mass is 10.0. The highest BCUT2D eigenvalue weighted by Gasteiger charge is 2.09. The third-order valence-electron chi connectivity index (χ3n) is 2.89. The van der Waals surface area contributed by atoms with Crippen LogP contribution >= 0.6 is 0 Å². The molecule has 0 heterocycles. The summed E-state index contributed by atoms with van der Waals surface area (Å²) in [7, 11) is 0. The van der Waals surface area contributed by atoms with Gasteiger partial charge < -0.3 is 10.4 Å². The van der Waals surface area contributed by atoms with Gasteiger partial charge in [0.1, 0.15) is 0 Å².